The molecule has 1 fully saturated rings. The molecule has 0 aliphatic heterocycles. The van der Waals surface area contributed by atoms with Crippen molar-refractivity contribution in [1.29, 1.82) is 5.26 Å². The molecule has 3 aromatic heterocycles. The van der Waals surface area contributed by atoms with Gasteiger partial charge in [0.1, 0.15) is 23.9 Å². The molecule has 206 valence electrons. The van der Waals surface area contributed by atoms with Gasteiger partial charge in [0, 0.05) is 30.1 Å². The number of hydrogen-bond acceptors (Lipinski definition) is 9. The first-order valence-electron chi connectivity index (χ1n) is 12.8. The van der Waals surface area contributed by atoms with Crippen LogP contribution in [0.1, 0.15) is 60.0 Å². The molecular weight excluding hydrogens is 553 g/mol. The third-order valence-electron chi connectivity index (χ3n) is 6.71. The number of nitrogens with zero attached hydrogens (tertiary/aromatic N) is 4. The standard InChI is InChI=1S/C28H27ClFN7O2S/c1-28(2,39)23(30)14-34-26(38)18-13-32-24(37-25-19(29)8-15(11-31)12-33-25)10-21(18)35-17-6-7-20-22(9-17)40-27(36-20)16-4-3-5-16/h6-10,12-13,16,23,39H,3-5,14H2,1-2H3,(H,34,38)(H2,32,33,35,37)/t23-/m1/s1. The maximum atomic E-state index is 14.3. The Balaban J connectivity index is 1.44. The topological polar surface area (TPSA) is 136 Å². The van der Waals surface area contributed by atoms with E-state index in [1.54, 1.807) is 17.4 Å². The lowest BCUT2D eigenvalue weighted by atomic mass is 9.86. The van der Waals surface area contributed by atoms with Gasteiger partial charge in [0.05, 0.1) is 49.2 Å². The lowest BCUT2D eigenvalue weighted by molar-refractivity contribution is -0.00177. The average molecular weight is 580 g/mol. The number of amides is 1. The summed E-state index contributed by atoms with van der Waals surface area (Å²) in [5, 5.41) is 29.2. The van der Waals surface area contributed by atoms with Crippen LogP contribution in [-0.2, 0) is 0 Å². The SMILES string of the molecule is CC(C)(O)[C@H](F)CNC(=O)c1cnc(Nc2ncc(C#N)cc2Cl)cc1Nc1ccc2nc(C3CCC3)sc2c1. The third kappa shape index (κ3) is 6.14. The molecular formula is C28H27ClFN7O2S. The summed E-state index contributed by atoms with van der Waals surface area (Å²) in [4.78, 5) is 26.4. The Hall–Kier alpha value is -3.85. The van der Waals surface area contributed by atoms with Crippen molar-refractivity contribution in [2.24, 2.45) is 0 Å². The fourth-order valence-electron chi connectivity index (χ4n) is 4.05. The summed E-state index contributed by atoms with van der Waals surface area (Å²) < 4.78 is 15.3. The number of aliphatic hydroxyl groups is 1. The summed E-state index contributed by atoms with van der Waals surface area (Å²) in [5.74, 6) is 0.596. The smallest absolute Gasteiger partial charge is 0.255 e. The van der Waals surface area contributed by atoms with E-state index in [-0.39, 0.29) is 22.9 Å². The normalized spacial score (nSPS) is 14.3. The molecule has 1 aliphatic carbocycles. The molecule has 0 radical (unpaired) electrons. The molecule has 1 aromatic carbocycles. The van der Waals surface area contributed by atoms with E-state index in [0.29, 0.717) is 23.0 Å². The van der Waals surface area contributed by atoms with Gasteiger partial charge in [-0.15, -0.1) is 11.3 Å². The fourth-order valence-corrected chi connectivity index (χ4v) is 5.44. The molecule has 5 rings (SSSR count). The molecule has 1 saturated carbocycles. The number of aromatic nitrogens is 3. The van der Waals surface area contributed by atoms with E-state index in [0.717, 1.165) is 20.9 Å². The van der Waals surface area contributed by atoms with Gasteiger partial charge >= 0.3 is 0 Å². The van der Waals surface area contributed by atoms with Crippen LogP contribution >= 0.6 is 22.9 Å². The molecule has 4 aromatic rings. The second-order valence-corrected chi connectivity index (χ2v) is 11.7. The number of halogens is 2. The number of thiazole rings is 1. The zero-order chi connectivity index (χ0) is 28.4. The number of nitrogens with one attached hydrogen (secondary N) is 3. The van der Waals surface area contributed by atoms with Gasteiger partial charge in [-0.25, -0.2) is 19.3 Å². The summed E-state index contributed by atoms with van der Waals surface area (Å²) >= 11 is 7.94. The van der Waals surface area contributed by atoms with Gasteiger partial charge in [-0.05, 0) is 51.0 Å². The van der Waals surface area contributed by atoms with Gasteiger partial charge in [-0.2, -0.15) is 5.26 Å². The van der Waals surface area contributed by atoms with Crippen molar-refractivity contribution in [2.45, 2.75) is 50.8 Å². The zero-order valence-electron chi connectivity index (χ0n) is 21.8. The predicted octanol–water partition coefficient (Wildman–Crippen LogP) is 6.20. The van der Waals surface area contributed by atoms with E-state index in [1.165, 1.54) is 51.6 Å². The van der Waals surface area contributed by atoms with Gasteiger partial charge in [0.25, 0.3) is 5.91 Å². The number of nitriles is 1. The minimum atomic E-state index is -1.66. The molecule has 0 bridgehead atoms. The molecule has 3 heterocycles. The van der Waals surface area contributed by atoms with E-state index in [9.17, 15) is 14.3 Å². The Kier molecular flexibility index (Phi) is 7.85. The highest BCUT2D eigenvalue weighted by Gasteiger charge is 2.27. The fraction of sp³-hybridized carbons (Fsp3) is 0.321. The average Bonchev–Trinajstić information content (AvgIpc) is 3.29. The molecule has 4 N–H and O–H groups in total. The lowest BCUT2D eigenvalue weighted by Gasteiger charge is -2.22. The number of benzene rings is 1. The number of carbonyl (C=O) groups excluding carboxylic acids is 1. The molecule has 0 spiro atoms. The number of anilines is 4. The number of rotatable bonds is 9. The van der Waals surface area contributed by atoms with Crippen LogP contribution in [0, 0.1) is 11.3 Å². The van der Waals surface area contributed by atoms with Crippen molar-refractivity contribution in [3.63, 3.8) is 0 Å². The molecule has 9 nitrogen and oxygen atoms in total. The lowest BCUT2D eigenvalue weighted by Crippen LogP contribution is -2.42. The van der Waals surface area contributed by atoms with Gasteiger partial charge < -0.3 is 21.1 Å². The molecule has 0 unspecified atom stereocenters. The largest absolute Gasteiger partial charge is 0.387 e. The highest BCUT2D eigenvalue weighted by Crippen LogP contribution is 2.40. The first kappa shape index (κ1) is 27.7. The Bertz CT molecular complexity index is 1610. The van der Waals surface area contributed by atoms with Gasteiger partial charge in [-0.1, -0.05) is 18.0 Å². The monoisotopic (exact) mass is 579 g/mol. The highest BCUT2D eigenvalue weighted by molar-refractivity contribution is 7.18. The zero-order valence-corrected chi connectivity index (χ0v) is 23.4. The summed E-state index contributed by atoms with van der Waals surface area (Å²) in [5.41, 5.74) is 0.949. The second-order valence-electron chi connectivity index (χ2n) is 10.2. The van der Waals surface area contributed by atoms with Gasteiger partial charge in [0.2, 0.25) is 0 Å². The Labute approximate surface area is 239 Å². The number of hydrogen-bond donors (Lipinski definition) is 4. The van der Waals surface area contributed by atoms with Crippen LogP contribution < -0.4 is 16.0 Å². The van der Waals surface area contributed by atoms with Crippen molar-refractivity contribution >= 4 is 62.1 Å². The molecule has 1 aliphatic rings. The van der Waals surface area contributed by atoms with Gasteiger partial charge in [0.15, 0.2) is 0 Å². The number of alkyl halides is 1. The van der Waals surface area contributed by atoms with Crippen LogP contribution in [-0.4, -0.2) is 44.3 Å². The second kappa shape index (κ2) is 11.3. The third-order valence-corrected chi connectivity index (χ3v) is 8.18. The Morgan fingerprint density at radius 1 is 1.25 bits per heavy atom. The van der Waals surface area contributed by atoms with Crippen molar-refractivity contribution in [3.05, 3.63) is 63.9 Å². The minimum absolute atomic E-state index is 0.173. The van der Waals surface area contributed by atoms with E-state index in [1.807, 2.05) is 24.3 Å². The van der Waals surface area contributed by atoms with Crippen LogP contribution in [0.2, 0.25) is 5.02 Å². The molecule has 1 amide bonds. The maximum Gasteiger partial charge on any atom is 0.255 e. The van der Waals surface area contributed by atoms with E-state index >= 15 is 0 Å². The van der Waals surface area contributed by atoms with Crippen molar-refractivity contribution in [3.8, 4) is 6.07 Å². The summed E-state index contributed by atoms with van der Waals surface area (Å²) in [6.45, 7) is 2.31. The minimum Gasteiger partial charge on any atom is -0.387 e. The summed E-state index contributed by atoms with van der Waals surface area (Å²) in [6, 6.07) is 10.9. The van der Waals surface area contributed by atoms with Crippen molar-refractivity contribution < 1.29 is 14.3 Å². The summed E-state index contributed by atoms with van der Waals surface area (Å²) in [7, 11) is 0. The van der Waals surface area contributed by atoms with Crippen LogP contribution in [0.15, 0.2) is 42.7 Å². The number of carbonyl (C=O) groups is 1. The Morgan fingerprint density at radius 2 is 2.05 bits per heavy atom. The molecule has 1 atom stereocenters. The molecule has 0 saturated heterocycles. The van der Waals surface area contributed by atoms with E-state index in [4.69, 9.17) is 21.8 Å². The first-order chi connectivity index (χ1) is 19.1. The van der Waals surface area contributed by atoms with Gasteiger partial charge in [-0.3, -0.25) is 4.79 Å². The first-order valence-corrected chi connectivity index (χ1v) is 13.9. The Morgan fingerprint density at radius 3 is 2.73 bits per heavy atom. The van der Waals surface area contributed by atoms with Crippen LogP contribution in [0.5, 0.6) is 0 Å². The van der Waals surface area contributed by atoms with Crippen molar-refractivity contribution in [2.75, 3.05) is 17.2 Å². The van der Waals surface area contributed by atoms with Crippen LogP contribution in [0.25, 0.3) is 10.2 Å². The van der Waals surface area contributed by atoms with Crippen LogP contribution in [0.4, 0.5) is 27.4 Å². The van der Waals surface area contributed by atoms with E-state index in [2.05, 4.69) is 25.9 Å². The summed E-state index contributed by atoms with van der Waals surface area (Å²) in [6.07, 6.45) is 4.65. The van der Waals surface area contributed by atoms with Crippen molar-refractivity contribution in [1.82, 2.24) is 20.3 Å². The number of pyridine rings is 2. The number of fused-ring (bicyclic) bond motifs is 1. The van der Waals surface area contributed by atoms with Crippen LogP contribution in [0.3, 0.4) is 0 Å². The highest BCUT2D eigenvalue weighted by atomic mass is 35.5. The predicted molar refractivity (Wildman–Crippen MR) is 155 cm³/mol. The van der Waals surface area contributed by atoms with E-state index < -0.39 is 17.7 Å². The molecule has 12 heteroatoms. The quantitative estimate of drug-likeness (QED) is 0.184. The maximum absolute atomic E-state index is 14.3. The molecule has 40 heavy (non-hydrogen) atoms.